The molecule has 4 rings (SSSR count). The normalized spacial score (nSPS) is 30.0. The van der Waals surface area contributed by atoms with Crippen molar-refractivity contribution in [2.45, 2.75) is 25.0 Å². The van der Waals surface area contributed by atoms with Crippen LogP contribution in [0, 0.1) is 23.2 Å². The lowest BCUT2D eigenvalue weighted by atomic mass is 9.77. The van der Waals surface area contributed by atoms with Crippen LogP contribution in [-0.4, -0.2) is 44.0 Å². The number of nitriles is 1. The Bertz CT molecular complexity index is 724. The summed E-state index contributed by atoms with van der Waals surface area (Å²) in [7, 11) is 0. The molecule has 1 saturated carbocycles. The number of anilines is 1. The summed E-state index contributed by atoms with van der Waals surface area (Å²) >= 11 is 0. The van der Waals surface area contributed by atoms with Crippen LogP contribution in [0.1, 0.15) is 24.4 Å². The second-order valence-corrected chi connectivity index (χ2v) is 6.42. The van der Waals surface area contributed by atoms with Crippen LogP contribution in [0.25, 0.3) is 0 Å². The number of aliphatic hydroxyl groups excluding tert-OH is 1. The molecule has 1 N–H and O–H groups in total. The number of nitrogens with zero attached hydrogens (tertiary/aromatic N) is 6. The predicted octanol–water partition coefficient (Wildman–Crippen LogP) is 0.993. The maximum Gasteiger partial charge on any atom is 0.137 e. The Morgan fingerprint density at radius 3 is 2.83 bits per heavy atom. The molecule has 0 radical (unpaired) electrons. The second kappa shape index (κ2) is 5.63. The first-order valence-electron chi connectivity index (χ1n) is 7.88. The lowest BCUT2D eigenvalue weighted by Crippen LogP contribution is -2.36. The highest BCUT2D eigenvalue weighted by atomic mass is 16.3. The van der Waals surface area contributed by atoms with Crippen molar-refractivity contribution >= 4 is 5.82 Å². The summed E-state index contributed by atoms with van der Waals surface area (Å²) < 4.78 is 1.78. The molecule has 7 nitrogen and oxygen atoms in total. The highest BCUT2D eigenvalue weighted by molar-refractivity contribution is 5.46. The molecular weight excluding hydrogens is 292 g/mol. The van der Waals surface area contributed by atoms with Gasteiger partial charge in [-0.1, -0.05) is 0 Å². The molecule has 7 heteroatoms. The molecule has 0 spiro atoms. The van der Waals surface area contributed by atoms with Crippen molar-refractivity contribution in [3.05, 3.63) is 36.5 Å². The summed E-state index contributed by atoms with van der Waals surface area (Å²) in [6, 6.07) is 5.71. The highest BCUT2D eigenvalue weighted by Crippen LogP contribution is 2.41. The molecule has 0 bridgehead atoms. The molecule has 2 fully saturated rings. The zero-order valence-electron chi connectivity index (χ0n) is 12.7. The van der Waals surface area contributed by atoms with Gasteiger partial charge in [0.25, 0.3) is 0 Å². The molecule has 4 atom stereocenters. The molecule has 3 heterocycles. The number of hydrogen-bond donors (Lipinski definition) is 1. The maximum atomic E-state index is 10.5. The molecular formula is C16H18N6O. The number of hydrogen-bond acceptors (Lipinski definition) is 6. The molecule has 118 valence electrons. The van der Waals surface area contributed by atoms with Gasteiger partial charge in [0.05, 0.1) is 23.8 Å². The summed E-state index contributed by atoms with van der Waals surface area (Å²) in [5.74, 6) is 1.81. The average Bonchev–Trinajstić information content (AvgIpc) is 3.23. The van der Waals surface area contributed by atoms with E-state index in [1.807, 2.05) is 6.07 Å². The molecule has 0 unspecified atom stereocenters. The Morgan fingerprint density at radius 1 is 1.26 bits per heavy atom. The van der Waals surface area contributed by atoms with Crippen molar-refractivity contribution in [3.63, 3.8) is 0 Å². The average molecular weight is 310 g/mol. The van der Waals surface area contributed by atoms with Gasteiger partial charge in [-0.25, -0.2) is 14.6 Å². The molecule has 0 aromatic carbocycles. The topological polar surface area (TPSA) is 90.9 Å². The third-order valence-corrected chi connectivity index (χ3v) is 5.08. The Hall–Kier alpha value is -2.46. The van der Waals surface area contributed by atoms with E-state index in [9.17, 15) is 5.11 Å². The van der Waals surface area contributed by atoms with Crippen LogP contribution < -0.4 is 4.90 Å². The minimum absolute atomic E-state index is 0.00268. The SMILES string of the molecule is N#Cc1ccnc(N2C[C@H]3C[C@@H](n4cncn4)[C@H](O)C[C@H]3C2)c1. The molecule has 1 saturated heterocycles. The minimum atomic E-state index is -0.392. The van der Waals surface area contributed by atoms with Crippen LogP contribution in [0.3, 0.4) is 0 Å². The largest absolute Gasteiger partial charge is 0.391 e. The van der Waals surface area contributed by atoms with Gasteiger partial charge in [0.1, 0.15) is 18.5 Å². The monoisotopic (exact) mass is 310 g/mol. The lowest BCUT2D eigenvalue weighted by molar-refractivity contribution is 0.0305. The maximum absolute atomic E-state index is 10.5. The van der Waals surface area contributed by atoms with E-state index in [2.05, 4.69) is 26.0 Å². The zero-order chi connectivity index (χ0) is 15.8. The third kappa shape index (κ3) is 2.55. The summed E-state index contributed by atoms with van der Waals surface area (Å²) in [6.45, 7) is 1.79. The second-order valence-electron chi connectivity index (χ2n) is 6.42. The van der Waals surface area contributed by atoms with Gasteiger partial charge in [0, 0.05) is 19.3 Å². The van der Waals surface area contributed by atoms with Gasteiger partial charge < -0.3 is 10.0 Å². The smallest absolute Gasteiger partial charge is 0.137 e. The summed E-state index contributed by atoms with van der Waals surface area (Å²) in [4.78, 5) is 10.6. The Kier molecular flexibility index (Phi) is 3.46. The summed E-state index contributed by atoms with van der Waals surface area (Å²) in [5.41, 5.74) is 0.630. The number of pyridine rings is 1. The van der Waals surface area contributed by atoms with Crippen LogP contribution in [0.15, 0.2) is 31.0 Å². The fourth-order valence-electron chi connectivity index (χ4n) is 3.93. The Balaban J connectivity index is 1.52. The summed E-state index contributed by atoms with van der Waals surface area (Å²) in [6.07, 6.45) is 6.14. The number of fused-ring (bicyclic) bond motifs is 1. The van der Waals surface area contributed by atoms with Crippen molar-refractivity contribution in [1.82, 2.24) is 19.7 Å². The van der Waals surface area contributed by atoms with Crippen LogP contribution in [0.4, 0.5) is 5.82 Å². The summed E-state index contributed by atoms with van der Waals surface area (Å²) in [5, 5.41) is 23.7. The molecule has 2 aromatic heterocycles. The van der Waals surface area contributed by atoms with E-state index >= 15 is 0 Å². The number of aliphatic hydroxyl groups is 1. The quantitative estimate of drug-likeness (QED) is 0.889. The van der Waals surface area contributed by atoms with E-state index < -0.39 is 6.10 Å². The fourth-order valence-corrected chi connectivity index (χ4v) is 3.93. The van der Waals surface area contributed by atoms with E-state index in [4.69, 9.17) is 5.26 Å². The minimum Gasteiger partial charge on any atom is -0.391 e. The number of rotatable bonds is 2. The van der Waals surface area contributed by atoms with Gasteiger partial charge in [-0.05, 0) is 36.8 Å². The van der Waals surface area contributed by atoms with Crippen molar-refractivity contribution in [3.8, 4) is 6.07 Å². The van der Waals surface area contributed by atoms with Gasteiger partial charge in [0.2, 0.25) is 0 Å². The lowest BCUT2D eigenvalue weighted by Gasteiger charge is -2.34. The Labute approximate surface area is 134 Å². The van der Waals surface area contributed by atoms with Gasteiger partial charge >= 0.3 is 0 Å². The van der Waals surface area contributed by atoms with Crippen molar-refractivity contribution < 1.29 is 5.11 Å². The number of aromatic nitrogens is 4. The zero-order valence-corrected chi connectivity index (χ0v) is 12.7. The van der Waals surface area contributed by atoms with Gasteiger partial charge in [0.15, 0.2) is 0 Å². The highest BCUT2D eigenvalue weighted by Gasteiger charge is 2.42. The standard InChI is InChI=1S/C16H18N6O/c17-6-11-1-2-19-16(3-11)21-7-12-4-14(22-10-18-9-20-22)15(23)5-13(12)8-21/h1-3,9-10,12-15,23H,4-5,7-8H2/t12-,13+,14-,15-/m1/s1. The molecule has 23 heavy (non-hydrogen) atoms. The first kappa shape index (κ1) is 14.2. The van der Waals surface area contributed by atoms with Gasteiger partial charge in [-0.2, -0.15) is 10.4 Å². The van der Waals surface area contributed by atoms with Crippen LogP contribution in [0.5, 0.6) is 0 Å². The molecule has 2 aromatic rings. The predicted molar refractivity (Wildman–Crippen MR) is 82.4 cm³/mol. The van der Waals surface area contributed by atoms with Crippen LogP contribution >= 0.6 is 0 Å². The van der Waals surface area contributed by atoms with Crippen molar-refractivity contribution in [2.75, 3.05) is 18.0 Å². The van der Waals surface area contributed by atoms with E-state index in [1.165, 1.54) is 6.33 Å². The van der Waals surface area contributed by atoms with Crippen molar-refractivity contribution in [1.29, 1.82) is 5.26 Å². The third-order valence-electron chi connectivity index (χ3n) is 5.08. The Morgan fingerprint density at radius 2 is 2.09 bits per heavy atom. The van der Waals surface area contributed by atoms with Gasteiger partial charge in [-0.15, -0.1) is 0 Å². The molecule has 1 aliphatic carbocycles. The van der Waals surface area contributed by atoms with Gasteiger partial charge in [-0.3, -0.25) is 0 Å². The van der Waals surface area contributed by atoms with Crippen LogP contribution in [0.2, 0.25) is 0 Å². The molecule has 0 amide bonds. The molecule has 2 aliphatic rings. The first-order chi connectivity index (χ1) is 11.2. The van der Waals surface area contributed by atoms with E-state index in [1.54, 1.807) is 23.3 Å². The fraction of sp³-hybridized carbons (Fsp3) is 0.500. The van der Waals surface area contributed by atoms with E-state index in [-0.39, 0.29) is 6.04 Å². The van der Waals surface area contributed by atoms with E-state index in [0.717, 1.165) is 31.7 Å². The van der Waals surface area contributed by atoms with Crippen LogP contribution in [-0.2, 0) is 0 Å². The molecule has 1 aliphatic heterocycles. The first-order valence-corrected chi connectivity index (χ1v) is 7.88. The van der Waals surface area contributed by atoms with E-state index in [0.29, 0.717) is 17.4 Å². The van der Waals surface area contributed by atoms with Crippen molar-refractivity contribution in [2.24, 2.45) is 11.8 Å².